The van der Waals surface area contributed by atoms with Gasteiger partial charge in [-0.25, -0.2) is 9.59 Å². The Labute approximate surface area is 147 Å². The van der Waals surface area contributed by atoms with Crippen LogP contribution in [0.1, 0.15) is 31.8 Å². The number of carbonyl (C=O) groups is 2. The Morgan fingerprint density at radius 1 is 0.846 bits per heavy atom. The summed E-state index contributed by atoms with van der Waals surface area (Å²) in [5.41, 5.74) is 1.04. The van der Waals surface area contributed by atoms with E-state index >= 15 is 0 Å². The van der Waals surface area contributed by atoms with E-state index in [9.17, 15) is 9.59 Å². The molecular weight excluding hydrogens is 332 g/mol. The molecule has 0 atom stereocenters. The smallest absolute Gasteiger partial charge is 0.346 e. The van der Waals surface area contributed by atoms with Gasteiger partial charge in [0.2, 0.25) is 0 Å². The van der Waals surface area contributed by atoms with Gasteiger partial charge in [-0.1, -0.05) is 12.1 Å². The minimum atomic E-state index is -0.699. The lowest BCUT2D eigenvalue weighted by molar-refractivity contribution is 0.0391. The molecule has 0 unspecified atom stereocenters. The Morgan fingerprint density at radius 3 is 2.31 bits per heavy atom. The van der Waals surface area contributed by atoms with Gasteiger partial charge in [0.25, 0.3) is 0 Å². The summed E-state index contributed by atoms with van der Waals surface area (Å²) in [5.74, 6) is -0.613. The van der Waals surface area contributed by atoms with Gasteiger partial charge in [-0.05, 0) is 36.4 Å². The molecule has 0 aliphatic carbocycles. The number of nitriles is 2. The van der Waals surface area contributed by atoms with Crippen LogP contribution in [0.15, 0.2) is 48.5 Å². The number of rotatable bonds is 2. The summed E-state index contributed by atoms with van der Waals surface area (Å²) >= 11 is 0. The van der Waals surface area contributed by atoms with Gasteiger partial charge in [-0.2, -0.15) is 10.5 Å². The average molecular weight is 340 g/mol. The Bertz CT molecular complexity index is 1180. The molecule has 0 fully saturated rings. The fourth-order valence-electron chi connectivity index (χ4n) is 2.91. The molecule has 0 amide bonds. The molecule has 122 valence electrons. The molecule has 0 N–H and O–H groups in total. The molecule has 1 aliphatic heterocycles. The van der Waals surface area contributed by atoms with Crippen molar-refractivity contribution in [2.45, 2.75) is 0 Å². The molecular formula is C20H8N2O4. The third-order valence-electron chi connectivity index (χ3n) is 4.09. The third kappa shape index (κ3) is 2.26. The van der Waals surface area contributed by atoms with Gasteiger partial charge in [0.05, 0.1) is 22.3 Å². The van der Waals surface area contributed by atoms with Gasteiger partial charge < -0.3 is 9.47 Å². The molecule has 1 heterocycles. The Kier molecular flexibility index (Phi) is 3.39. The van der Waals surface area contributed by atoms with Crippen molar-refractivity contribution in [3.05, 3.63) is 70.8 Å². The van der Waals surface area contributed by atoms with Crippen LogP contribution in [-0.2, 0) is 4.74 Å². The van der Waals surface area contributed by atoms with Crippen LogP contribution in [0.4, 0.5) is 0 Å². The minimum absolute atomic E-state index is 0.200. The maximum Gasteiger partial charge on any atom is 0.346 e. The number of cyclic esters (lactones) is 2. The van der Waals surface area contributed by atoms with Gasteiger partial charge >= 0.3 is 11.9 Å². The number of benzene rings is 3. The van der Waals surface area contributed by atoms with Crippen molar-refractivity contribution in [3.63, 3.8) is 0 Å². The molecule has 26 heavy (non-hydrogen) atoms. The highest BCUT2D eigenvalue weighted by molar-refractivity contribution is 6.21. The van der Waals surface area contributed by atoms with Crippen LogP contribution in [0.2, 0.25) is 0 Å². The van der Waals surface area contributed by atoms with E-state index in [1.54, 1.807) is 30.3 Å². The summed E-state index contributed by atoms with van der Waals surface area (Å²) in [6, 6.07) is 16.6. The summed E-state index contributed by atoms with van der Waals surface area (Å²) < 4.78 is 10.6. The van der Waals surface area contributed by atoms with Crippen molar-refractivity contribution in [1.82, 2.24) is 0 Å². The Morgan fingerprint density at radius 2 is 1.58 bits per heavy atom. The predicted molar refractivity (Wildman–Crippen MR) is 89.6 cm³/mol. The second kappa shape index (κ2) is 5.73. The minimum Gasteiger partial charge on any atom is -0.457 e. The van der Waals surface area contributed by atoms with Gasteiger partial charge in [0.1, 0.15) is 23.6 Å². The summed E-state index contributed by atoms with van der Waals surface area (Å²) in [6.07, 6.45) is 0. The van der Waals surface area contributed by atoms with Crippen molar-refractivity contribution >= 4 is 22.7 Å². The van der Waals surface area contributed by atoms with Crippen molar-refractivity contribution in [2.24, 2.45) is 0 Å². The number of ether oxygens (including phenoxy) is 2. The average Bonchev–Trinajstić information content (AvgIpc) is 2.66. The molecule has 3 aromatic rings. The quantitative estimate of drug-likeness (QED) is 0.521. The normalized spacial score (nSPS) is 12.2. The Hall–Kier alpha value is -4.16. The van der Waals surface area contributed by atoms with Gasteiger partial charge in [-0.15, -0.1) is 0 Å². The molecule has 6 nitrogen and oxygen atoms in total. The lowest BCUT2D eigenvalue weighted by Crippen LogP contribution is -2.19. The van der Waals surface area contributed by atoms with Crippen LogP contribution in [0.25, 0.3) is 10.8 Å². The fourth-order valence-corrected chi connectivity index (χ4v) is 2.91. The van der Waals surface area contributed by atoms with Crippen LogP contribution in [-0.4, -0.2) is 11.9 Å². The molecule has 0 saturated carbocycles. The molecule has 0 aromatic heterocycles. The lowest BCUT2D eigenvalue weighted by atomic mass is 9.96. The summed E-state index contributed by atoms with van der Waals surface area (Å²) in [6.45, 7) is 0. The molecule has 0 spiro atoms. The van der Waals surface area contributed by atoms with E-state index in [1.807, 2.05) is 12.1 Å². The lowest BCUT2D eigenvalue weighted by Gasteiger charge is -2.17. The number of esters is 2. The van der Waals surface area contributed by atoms with E-state index < -0.39 is 11.9 Å². The second-order valence-electron chi connectivity index (χ2n) is 5.55. The van der Waals surface area contributed by atoms with Gasteiger partial charge in [0.15, 0.2) is 0 Å². The first-order valence-electron chi connectivity index (χ1n) is 7.56. The number of nitrogens with zero attached hydrogens (tertiary/aromatic N) is 2. The van der Waals surface area contributed by atoms with Crippen LogP contribution in [0.3, 0.4) is 0 Å². The molecule has 1 aliphatic rings. The first-order valence-corrected chi connectivity index (χ1v) is 7.56. The van der Waals surface area contributed by atoms with E-state index in [2.05, 4.69) is 0 Å². The van der Waals surface area contributed by atoms with Crippen LogP contribution >= 0.6 is 0 Å². The van der Waals surface area contributed by atoms with Crippen molar-refractivity contribution in [3.8, 4) is 23.6 Å². The van der Waals surface area contributed by atoms with E-state index in [4.69, 9.17) is 20.0 Å². The van der Waals surface area contributed by atoms with E-state index in [0.717, 1.165) is 0 Å². The number of hydrogen-bond donors (Lipinski definition) is 0. The first kappa shape index (κ1) is 15.4. The maximum absolute atomic E-state index is 12.0. The zero-order valence-corrected chi connectivity index (χ0v) is 13.1. The molecule has 0 bridgehead atoms. The summed E-state index contributed by atoms with van der Waals surface area (Å²) in [5, 5.41) is 19.2. The predicted octanol–water partition coefficient (Wildman–Crippen LogP) is 3.69. The molecule has 3 aromatic carbocycles. The maximum atomic E-state index is 12.0. The van der Waals surface area contributed by atoms with E-state index in [0.29, 0.717) is 33.4 Å². The number of hydrogen-bond acceptors (Lipinski definition) is 6. The third-order valence-corrected chi connectivity index (χ3v) is 4.09. The molecule has 4 rings (SSSR count). The Balaban J connectivity index is 1.87. The van der Waals surface area contributed by atoms with Crippen LogP contribution < -0.4 is 4.74 Å². The van der Waals surface area contributed by atoms with Gasteiger partial charge in [0, 0.05) is 10.8 Å². The highest BCUT2D eigenvalue weighted by Gasteiger charge is 2.28. The summed E-state index contributed by atoms with van der Waals surface area (Å²) in [7, 11) is 0. The number of carbonyl (C=O) groups excluding carboxylic acids is 2. The highest BCUT2D eigenvalue weighted by Crippen LogP contribution is 2.36. The highest BCUT2D eigenvalue weighted by atomic mass is 16.6. The molecule has 0 radical (unpaired) electrons. The van der Waals surface area contributed by atoms with Crippen molar-refractivity contribution in [2.75, 3.05) is 0 Å². The van der Waals surface area contributed by atoms with E-state index in [1.165, 1.54) is 18.2 Å². The van der Waals surface area contributed by atoms with Crippen molar-refractivity contribution in [1.29, 1.82) is 10.5 Å². The topological polar surface area (TPSA) is 100 Å². The van der Waals surface area contributed by atoms with Crippen molar-refractivity contribution < 1.29 is 19.1 Å². The molecule has 0 saturated heterocycles. The first-order chi connectivity index (χ1) is 12.6. The van der Waals surface area contributed by atoms with Gasteiger partial charge in [-0.3, -0.25) is 0 Å². The SMILES string of the molecule is N#Cc1ccc(Oc2ccc3c4c(cccc24)C(=O)OC3=O)cc1C#N. The zero-order chi connectivity index (χ0) is 18.3. The fraction of sp³-hybridized carbons (Fsp3) is 0. The van der Waals surface area contributed by atoms with E-state index in [-0.39, 0.29) is 11.1 Å². The standard InChI is InChI=1S/C20H8N2O4/c21-9-11-4-5-13(8-12(11)10-22)25-17-7-6-16-18-14(17)2-1-3-15(18)19(23)26-20(16)24/h1-8H. The molecule has 6 heteroatoms. The second-order valence-corrected chi connectivity index (χ2v) is 5.55. The van der Waals surface area contributed by atoms with Crippen LogP contribution in [0.5, 0.6) is 11.5 Å². The largest absolute Gasteiger partial charge is 0.457 e. The van der Waals surface area contributed by atoms with Crippen LogP contribution in [0, 0.1) is 22.7 Å². The summed E-state index contributed by atoms with van der Waals surface area (Å²) in [4.78, 5) is 23.9. The zero-order valence-electron chi connectivity index (χ0n) is 13.1. The monoisotopic (exact) mass is 340 g/mol.